The first-order chi connectivity index (χ1) is 8.84. The highest BCUT2D eigenvalue weighted by Gasteiger charge is 2.48. The van der Waals surface area contributed by atoms with Crippen molar-refractivity contribution < 1.29 is 45.6 Å². The minimum Gasteiger partial charge on any atom is -0.394 e. The van der Waals surface area contributed by atoms with Gasteiger partial charge in [-0.3, -0.25) is 0 Å². The Balaban J connectivity index is 2.80. The Labute approximate surface area is 108 Å². The largest absolute Gasteiger partial charge is 0.394 e. The van der Waals surface area contributed by atoms with Crippen LogP contribution in [0, 0.1) is 0 Å². The van der Waals surface area contributed by atoms with E-state index in [1.54, 1.807) is 0 Å². The molecule has 1 unspecified atom stereocenters. The molecule has 9 heteroatoms. The molecule has 0 amide bonds. The lowest BCUT2D eigenvalue weighted by molar-refractivity contribution is -0.262. The van der Waals surface area contributed by atoms with Crippen molar-refractivity contribution >= 4 is 0 Å². The predicted octanol–water partition coefficient (Wildman–Crippen LogP) is -5.10. The Morgan fingerprint density at radius 3 is 1.95 bits per heavy atom. The zero-order valence-electron chi connectivity index (χ0n) is 10.0. The van der Waals surface area contributed by atoms with E-state index in [-0.39, 0.29) is 0 Å². The van der Waals surface area contributed by atoms with Crippen LogP contribution in [0.2, 0.25) is 0 Å². The monoisotopic (exact) mass is 284 g/mol. The summed E-state index contributed by atoms with van der Waals surface area (Å²) in [5.41, 5.74) is 0. The molecule has 114 valence electrons. The minimum atomic E-state index is -1.83. The summed E-state index contributed by atoms with van der Waals surface area (Å²) < 4.78 is 5.00. The van der Waals surface area contributed by atoms with Crippen molar-refractivity contribution in [3.8, 4) is 0 Å². The molecule has 0 spiro atoms. The number of rotatable bonds is 5. The molecule has 1 fully saturated rings. The Hall–Kier alpha value is -0.360. The Morgan fingerprint density at radius 1 is 0.895 bits per heavy atom. The van der Waals surface area contributed by atoms with Crippen molar-refractivity contribution in [2.75, 3.05) is 13.2 Å². The molecular formula is C10H20O9. The van der Waals surface area contributed by atoms with Gasteiger partial charge in [-0.2, -0.15) is 0 Å². The van der Waals surface area contributed by atoms with E-state index in [1.165, 1.54) is 0 Å². The van der Waals surface area contributed by atoms with E-state index in [0.717, 1.165) is 0 Å². The number of aliphatic hydroxyl groups is 8. The molecule has 0 aromatic carbocycles. The quantitative estimate of drug-likeness (QED) is 0.246. The second-order valence-corrected chi connectivity index (χ2v) is 4.52. The summed E-state index contributed by atoms with van der Waals surface area (Å²) in [6.45, 7) is -1.50. The third-order valence-electron chi connectivity index (χ3n) is 3.20. The van der Waals surface area contributed by atoms with E-state index in [4.69, 9.17) is 14.9 Å². The third kappa shape index (κ3) is 3.40. The second-order valence-electron chi connectivity index (χ2n) is 4.52. The van der Waals surface area contributed by atoms with E-state index in [2.05, 4.69) is 0 Å². The van der Waals surface area contributed by atoms with Gasteiger partial charge >= 0.3 is 0 Å². The summed E-state index contributed by atoms with van der Waals surface area (Å²) in [6, 6.07) is 0. The first kappa shape index (κ1) is 16.7. The van der Waals surface area contributed by atoms with Gasteiger partial charge in [-0.05, 0) is 0 Å². The predicted molar refractivity (Wildman–Crippen MR) is 58.9 cm³/mol. The molecule has 1 aliphatic rings. The van der Waals surface area contributed by atoms with E-state index in [0.29, 0.717) is 0 Å². The van der Waals surface area contributed by atoms with Crippen LogP contribution < -0.4 is 0 Å². The van der Waals surface area contributed by atoms with Crippen molar-refractivity contribution in [3.63, 3.8) is 0 Å². The number of hydrogen-bond donors (Lipinski definition) is 8. The Bertz CT molecular complexity index is 274. The summed E-state index contributed by atoms with van der Waals surface area (Å²) in [4.78, 5) is 0. The van der Waals surface area contributed by atoms with Crippen LogP contribution in [0.3, 0.4) is 0 Å². The second kappa shape index (κ2) is 6.88. The first-order valence-electron chi connectivity index (χ1n) is 5.80. The fraction of sp³-hybridized carbons (Fsp3) is 1.00. The average Bonchev–Trinajstić information content (AvgIpc) is 2.42. The van der Waals surface area contributed by atoms with Crippen molar-refractivity contribution in [3.05, 3.63) is 0 Å². The summed E-state index contributed by atoms with van der Waals surface area (Å²) in [5.74, 6) is 0. The number of hydrogen-bond acceptors (Lipinski definition) is 9. The molecule has 8 N–H and O–H groups in total. The summed E-state index contributed by atoms with van der Waals surface area (Å²) in [6.07, 6.45) is -13.1. The lowest BCUT2D eigenvalue weighted by Crippen LogP contribution is -2.64. The fourth-order valence-corrected chi connectivity index (χ4v) is 1.94. The lowest BCUT2D eigenvalue weighted by Gasteiger charge is -2.43. The smallest absolute Gasteiger partial charge is 0.115 e. The maximum atomic E-state index is 9.75. The van der Waals surface area contributed by atoms with Gasteiger partial charge in [-0.1, -0.05) is 0 Å². The van der Waals surface area contributed by atoms with Crippen LogP contribution in [-0.2, 0) is 4.74 Å². The highest BCUT2D eigenvalue weighted by molar-refractivity contribution is 4.97. The maximum Gasteiger partial charge on any atom is 0.115 e. The molecule has 0 radical (unpaired) electrons. The minimum absolute atomic E-state index is 0.674. The van der Waals surface area contributed by atoms with E-state index >= 15 is 0 Å². The molecule has 9 nitrogen and oxygen atoms in total. The molecule has 0 aliphatic carbocycles. The molecule has 19 heavy (non-hydrogen) atoms. The van der Waals surface area contributed by atoms with Crippen LogP contribution in [0.15, 0.2) is 0 Å². The van der Waals surface area contributed by atoms with Crippen molar-refractivity contribution in [1.82, 2.24) is 0 Å². The molecule has 1 saturated heterocycles. The lowest BCUT2D eigenvalue weighted by atomic mass is 9.89. The zero-order chi connectivity index (χ0) is 14.7. The van der Waals surface area contributed by atoms with Crippen molar-refractivity contribution in [2.24, 2.45) is 0 Å². The zero-order valence-corrected chi connectivity index (χ0v) is 10.0. The van der Waals surface area contributed by atoms with E-state index < -0.39 is 62.0 Å². The van der Waals surface area contributed by atoms with E-state index in [1.807, 2.05) is 0 Å². The molecule has 0 saturated carbocycles. The summed E-state index contributed by atoms with van der Waals surface area (Å²) >= 11 is 0. The normalized spacial score (nSPS) is 40.7. The van der Waals surface area contributed by atoms with Gasteiger partial charge in [-0.15, -0.1) is 0 Å². The molecular weight excluding hydrogens is 264 g/mol. The molecule has 0 aromatic rings. The van der Waals surface area contributed by atoms with Crippen LogP contribution >= 0.6 is 0 Å². The molecule has 0 bridgehead atoms. The van der Waals surface area contributed by atoms with Gasteiger partial charge in [0.05, 0.1) is 13.2 Å². The maximum absolute atomic E-state index is 9.75. The SMILES string of the molecule is OC[C@@H](O)[C@@H](O)C(O)[C@H]1O[C@H](CO)[C@@H](O)[C@H](O)[C@H]1O. The van der Waals surface area contributed by atoms with Crippen LogP contribution in [0.5, 0.6) is 0 Å². The van der Waals surface area contributed by atoms with Gasteiger partial charge in [0, 0.05) is 0 Å². The molecule has 8 atom stereocenters. The summed E-state index contributed by atoms with van der Waals surface area (Å²) in [7, 11) is 0. The highest BCUT2D eigenvalue weighted by atomic mass is 16.6. The van der Waals surface area contributed by atoms with Gasteiger partial charge in [0.15, 0.2) is 0 Å². The molecule has 0 aromatic heterocycles. The van der Waals surface area contributed by atoms with Crippen molar-refractivity contribution in [1.29, 1.82) is 0 Å². The fourth-order valence-electron chi connectivity index (χ4n) is 1.94. The number of ether oxygens (including phenoxy) is 1. The van der Waals surface area contributed by atoms with Gasteiger partial charge in [0.2, 0.25) is 0 Å². The highest BCUT2D eigenvalue weighted by Crippen LogP contribution is 2.25. The average molecular weight is 284 g/mol. The Morgan fingerprint density at radius 2 is 1.47 bits per heavy atom. The van der Waals surface area contributed by atoms with Gasteiger partial charge in [-0.25, -0.2) is 0 Å². The van der Waals surface area contributed by atoms with E-state index in [9.17, 15) is 30.6 Å². The number of aliphatic hydroxyl groups excluding tert-OH is 8. The molecule has 1 aliphatic heterocycles. The van der Waals surface area contributed by atoms with Crippen molar-refractivity contribution in [2.45, 2.75) is 48.8 Å². The van der Waals surface area contributed by atoms with Crippen LogP contribution in [-0.4, -0.2) is 103 Å². The van der Waals surface area contributed by atoms with Gasteiger partial charge in [0.1, 0.15) is 48.8 Å². The summed E-state index contributed by atoms with van der Waals surface area (Å²) in [5, 5.41) is 74.7. The van der Waals surface area contributed by atoms with Crippen LogP contribution in [0.1, 0.15) is 0 Å². The topological polar surface area (TPSA) is 171 Å². The molecule has 1 heterocycles. The van der Waals surface area contributed by atoms with Gasteiger partial charge in [0.25, 0.3) is 0 Å². The standard InChI is InChI=1S/C10H20O9/c11-1-3(13)5(14)8(17)10-9(18)7(16)6(15)4(2-12)19-10/h3-18H,1-2H2/t3-,4-,5-,6-,7+,8?,9-,10-/m1/s1. The molecule has 1 rings (SSSR count). The third-order valence-corrected chi connectivity index (χ3v) is 3.20. The Kier molecular flexibility index (Phi) is 6.05. The van der Waals surface area contributed by atoms with Crippen LogP contribution in [0.25, 0.3) is 0 Å². The van der Waals surface area contributed by atoms with Crippen LogP contribution in [0.4, 0.5) is 0 Å². The van der Waals surface area contributed by atoms with Gasteiger partial charge < -0.3 is 45.6 Å². The first-order valence-corrected chi connectivity index (χ1v) is 5.80.